The number of rotatable bonds is 2. The first-order valence-electron chi connectivity index (χ1n) is 6.67. The number of amides is 1. The lowest BCUT2D eigenvalue weighted by atomic mass is 10.0. The van der Waals surface area contributed by atoms with E-state index in [4.69, 9.17) is 0 Å². The molecule has 0 saturated heterocycles. The molecule has 3 rings (SSSR count). The van der Waals surface area contributed by atoms with E-state index in [1.165, 1.54) is 7.05 Å². The fourth-order valence-corrected chi connectivity index (χ4v) is 6.03. The van der Waals surface area contributed by atoms with Crippen LogP contribution in [-0.2, 0) is 23.1 Å². The molecule has 0 aliphatic carbocycles. The number of fused-ring (bicyclic) bond motifs is 1. The number of alkyl halides is 4. The Balaban J connectivity index is 2.16. The Kier molecular flexibility index (Phi) is 4.10. The van der Waals surface area contributed by atoms with Crippen LogP contribution in [0, 0.1) is 0 Å². The van der Waals surface area contributed by atoms with Crippen molar-refractivity contribution in [2.24, 2.45) is 7.05 Å². The number of aryl methyl sites for hydroxylation is 1. The molecule has 0 fully saturated rings. The zero-order valence-corrected chi connectivity index (χ0v) is 14.8. The molecule has 1 N–H and O–H groups in total. The SMILES string of the molecule is Cn1nnnc1NC(=O)c1ccc(C(F)(F)F)c2c1C(Br)CS2(=O)=O. The summed E-state index contributed by atoms with van der Waals surface area (Å²) in [6.07, 6.45) is -4.86. The van der Waals surface area contributed by atoms with E-state index in [9.17, 15) is 26.4 Å². The highest BCUT2D eigenvalue weighted by Gasteiger charge is 2.45. The highest BCUT2D eigenvalue weighted by molar-refractivity contribution is 9.09. The third kappa shape index (κ3) is 3.01. The maximum atomic E-state index is 13.2. The number of carbonyl (C=O) groups excluding carboxylic acids is 1. The molecule has 134 valence electrons. The van der Waals surface area contributed by atoms with Gasteiger partial charge in [-0.05, 0) is 28.1 Å². The molecule has 8 nitrogen and oxygen atoms in total. The summed E-state index contributed by atoms with van der Waals surface area (Å²) in [5.41, 5.74) is -1.71. The Morgan fingerprint density at radius 1 is 1.40 bits per heavy atom. The summed E-state index contributed by atoms with van der Waals surface area (Å²) in [5, 5.41) is 12.7. The normalized spacial score (nSPS) is 18.8. The second-order valence-corrected chi connectivity index (χ2v) is 8.31. The molecular formula is C12H9BrF3N5O3S. The summed E-state index contributed by atoms with van der Waals surface area (Å²) in [4.78, 5) is 10.6. The third-order valence-corrected chi connectivity index (χ3v) is 6.63. The molecule has 1 aliphatic heterocycles. The molecule has 0 saturated carbocycles. The van der Waals surface area contributed by atoms with Crippen molar-refractivity contribution in [3.63, 3.8) is 0 Å². The van der Waals surface area contributed by atoms with Gasteiger partial charge in [-0.1, -0.05) is 21.0 Å². The van der Waals surface area contributed by atoms with E-state index in [1.54, 1.807) is 0 Å². The smallest absolute Gasteiger partial charge is 0.289 e. The molecule has 1 atom stereocenters. The fraction of sp³-hybridized carbons (Fsp3) is 0.333. The molecule has 0 spiro atoms. The maximum Gasteiger partial charge on any atom is 0.417 e. The Morgan fingerprint density at radius 2 is 2.08 bits per heavy atom. The van der Waals surface area contributed by atoms with Crippen molar-refractivity contribution in [2.75, 3.05) is 11.1 Å². The fourth-order valence-electron chi connectivity index (χ4n) is 2.53. The van der Waals surface area contributed by atoms with Gasteiger partial charge in [0.05, 0.1) is 21.0 Å². The molecule has 1 aromatic heterocycles. The number of halogens is 4. The number of hydrogen-bond acceptors (Lipinski definition) is 6. The minimum Gasteiger partial charge on any atom is -0.289 e. The Hall–Kier alpha value is -2.02. The minimum atomic E-state index is -4.86. The molecule has 13 heteroatoms. The number of carbonyl (C=O) groups is 1. The standard InChI is InChI=1S/C12H9BrF3N5O3S/c1-21-11(18-19-20-21)17-10(22)5-2-3-6(12(14,15)16)9-8(5)7(13)4-25(9,23)24/h2-3,7H,4H2,1H3,(H,17,18,20,22). The summed E-state index contributed by atoms with van der Waals surface area (Å²) in [5.74, 6) is -1.42. The van der Waals surface area contributed by atoms with Crippen LogP contribution in [0.25, 0.3) is 0 Å². The van der Waals surface area contributed by atoms with E-state index in [2.05, 4.69) is 36.8 Å². The van der Waals surface area contributed by atoms with E-state index >= 15 is 0 Å². The number of nitrogens with one attached hydrogen (secondary N) is 1. The Labute approximate surface area is 147 Å². The second-order valence-electron chi connectivity index (χ2n) is 5.23. The number of hydrogen-bond donors (Lipinski definition) is 1. The third-order valence-electron chi connectivity index (χ3n) is 3.58. The van der Waals surface area contributed by atoms with Gasteiger partial charge in [0.2, 0.25) is 5.95 Å². The van der Waals surface area contributed by atoms with Crippen LogP contribution in [0.15, 0.2) is 17.0 Å². The van der Waals surface area contributed by atoms with Crippen LogP contribution in [0.2, 0.25) is 0 Å². The first-order valence-corrected chi connectivity index (χ1v) is 9.24. The average molecular weight is 440 g/mol. The number of benzene rings is 1. The van der Waals surface area contributed by atoms with Gasteiger partial charge in [0.15, 0.2) is 9.84 Å². The molecule has 1 unspecified atom stereocenters. The zero-order chi connectivity index (χ0) is 18.6. The number of anilines is 1. The molecule has 0 radical (unpaired) electrons. The summed E-state index contributed by atoms with van der Waals surface area (Å²) < 4.78 is 65.1. The van der Waals surface area contributed by atoms with Crippen molar-refractivity contribution in [1.82, 2.24) is 20.2 Å². The second kappa shape index (κ2) is 5.76. The number of sulfone groups is 1. The first kappa shape index (κ1) is 17.8. The predicted octanol–water partition coefficient (Wildman–Crippen LogP) is 1.70. The van der Waals surface area contributed by atoms with Gasteiger partial charge in [0.25, 0.3) is 5.91 Å². The van der Waals surface area contributed by atoms with E-state index in [0.717, 1.165) is 10.7 Å². The van der Waals surface area contributed by atoms with Gasteiger partial charge >= 0.3 is 6.18 Å². The molecule has 1 aromatic carbocycles. The summed E-state index contributed by atoms with van der Waals surface area (Å²) >= 11 is 3.05. The van der Waals surface area contributed by atoms with Gasteiger partial charge < -0.3 is 0 Å². The number of aromatic nitrogens is 4. The van der Waals surface area contributed by atoms with E-state index in [-0.39, 0.29) is 17.1 Å². The van der Waals surface area contributed by atoms with Gasteiger partial charge in [0.1, 0.15) is 0 Å². The van der Waals surface area contributed by atoms with Gasteiger partial charge in [0, 0.05) is 12.6 Å². The summed E-state index contributed by atoms with van der Waals surface area (Å²) in [6.45, 7) is 0. The Bertz CT molecular complexity index is 973. The van der Waals surface area contributed by atoms with Crippen LogP contribution in [-0.4, -0.2) is 40.3 Å². The molecule has 2 aromatic rings. The van der Waals surface area contributed by atoms with Crippen LogP contribution in [0.5, 0.6) is 0 Å². The van der Waals surface area contributed by atoms with Crippen LogP contribution >= 0.6 is 15.9 Å². The largest absolute Gasteiger partial charge is 0.417 e. The zero-order valence-electron chi connectivity index (χ0n) is 12.4. The lowest BCUT2D eigenvalue weighted by molar-refractivity contribution is -0.139. The van der Waals surface area contributed by atoms with Crippen molar-refractivity contribution in [3.8, 4) is 0 Å². The molecule has 25 heavy (non-hydrogen) atoms. The van der Waals surface area contributed by atoms with Crippen molar-refractivity contribution >= 4 is 37.6 Å². The van der Waals surface area contributed by atoms with Gasteiger partial charge in [-0.15, -0.1) is 0 Å². The topological polar surface area (TPSA) is 107 Å². The lowest BCUT2D eigenvalue weighted by Gasteiger charge is -2.15. The van der Waals surface area contributed by atoms with Crippen LogP contribution in [0.1, 0.15) is 26.3 Å². The van der Waals surface area contributed by atoms with E-state index in [0.29, 0.717) is 6.07 Å². The highest BCUT2D eigenvalue weighted by atomic mass is 79.9. The van der Waals surface area contributed by atoms with Crippen molar-refractivity contribution < 1.29 is 26.4 Å². The molecule has 2 heterocycles. The van der Waals surface area contributed by atoms with E-state index in [1.807, 2.05) is 0 Å². The van der Waals surface area contributed by atoms with Gasteiger partial charge in [-0.25, -0.2) is 13.1 Å². The average Bonchev–Trinajstić information content (AvgIpc) is 2.99. The first-order chi connectivity index (χ1) is 11.5. The number of tetrazole rings is 1. The molecule has 0 bridgehead atoms. The highest BCUT2D eigenvalue weighted by Crippen LogP contribution is 2.47. The summed E-state index contributed by atoms with van der Waals surface area (Å²) in [6, 6.07) is 1.53. The quantitative estimate of drug-likeness (QED) is 0.713. The van der Waals surface area contributed by atoms with Crippen molar-refractivity contribution in [3.05, 3.63) is 28.8 Å². The molecule has 1 amide bonds. The van der Waals surface area contributed by atoms with E-state index < -0.39 is 43.0 Å². The number of nitrogens with zero attached hydrogens (tertiary/aromatic N) is 4. The van der Waals surface area contributed by atoms with Gasteiger partial charge in [-0.3, -0.25) is 10.1 Å². The van der Waals surface area contributed by atoms with Gasteiger partial charge in [-0.2, -0.15) is 13.2 Å². The van der Waals surface area contributed by atoms with Crippen LogP contribution < -0.4 is 5.32 Å². The Morgan fingerprint density at radius 3 is 2.64 bits per heavy atom. The van der Waals surface area contributed by atoms with Crippen molar-refractivity contribution in [1.29, 1.82) is 0 Å². The predicted molar refractivity (Wildman–Crippen MR) is 81.9 cm³/mol. The van der Waals surface area contributed by atoms with Crippen LogP contribution in [0.4, 0.5) is 19.1 Å². The molecular weight excluding hydrogens is 431 g/mol. The molecule has 1 aliphatic rings. The monoisotopic (exact) mass is 439 g/mol. The summed E-state index contributed by atoms with van der Waals surface area (Å²) in [7, 11) is -2.74. The van der Waals surface area contributed by atoms with Crippen LogP contribution in [0.3, 0.4) is 0 Å². The maximum absolute atomic E-state index is 13.2. The lowest BCUT2D eigenvalue weighted by Crippen LogP contribution is -2.19. The minimum absolute atomic E-state index is 0.0365. The van der Waals surface area contributed by atoms with Crippen molar-refractivity contribution in [2.45, 2.75) is 15.9 Å².